The summed E-state index contributed by atoms with van der Waals surface area (Å²) in [5.74, 6) is 1.78. The molecule has 7 nitrogen and oxygen atoms in total. The van der Waals surface area contributed by atoms with Gasteiger partial charge in [0.2, 0.25) is 5.91 Å². The van der Waals surface area contributed by atoms with Crippen LogP contribution in [0.3, 0.4) is 0 Å². The fraction of sp³-hybridized carbons (Fsp3) is 0.419. The molecule has 0 unspecified atom stereocenters. The first-order valence-electron chi connectivity index (χ1n) is 13.3. The summed E-state index contributed by atoms with van der Waals surface area (Å²) < 4.78 is 11.8. The van der Waals surface area contributed by atoms with Gasteiger partial charge in [0, 0.05) is 26.1 Å². The number of amides is 2. The van der Waals surface area contributed by atoms with Gasteiger partial charge in [-0.25, -0.2) is 0 Å². The van der Waals surface area contributed by atoms with Crippen molar-refractivity contribution in [1.82, 2.24) is 15.1 Å². The summed E-state index contributed by atoms with van der Waals surface area (Å²) in [4.78, 5) is 29.6. The molecule has 38 heavy (non-hydrogen) atoms. The maximum Gasteiger partial charge on any atom is 0.287 e. The Labute approximate surface area is 225 Å². The lowest BCUT2D eigenvalue weighted by atomic mass is 9.87. The second-order valence-electron chi connectivity index (χ2n) is 10.7. The molecule has 0 saturated carbocycles. The monoisotopic (exact) mass is 517 g/mol. The van der Waals surface area contributed by atoms with E-state index in [1.54, 1.807) is 12.1 Å². The van der Waals surface area contributed by atoms with Gasteiger partial charge in [-0.2, -0.15) is 0 Å². The molecule has 7 heteroatoms. The largest absolute Gasteiger partial charge is 0.486 e. The highest BCUT2D eigenvalue weighted by atomic mass is 16.5. The maximum atomic E-state index is 13.3. The number of nitrogens with one attached hydrogen (secondary N) is 1. The number of furan rings is 1. The number of hydrogen-bond acceptors (Lipinski definition) is 5. The van der Waals surface area contributed by atoms with Crippen molar-refractivity contribution in [3.63, 3.8) is 0 Å². The molecule has 0 bridgehead atoms. The number of benzene rings is 2. The van der Waals surface area contributed by atoms with Crippen LogP contribution in [0.4, 0.5) is 0 Å². The number of fused-ring (bicyclic) bond motifs is 1. The lowest BCUT2D eigenvalue weighted by Crippen LogP contribution is -2.41. The molecule has 0 fully saturated rings. The minimum absolute atomic E-state index is 0.157. The van der Waals surface area contributed by atoms with Gasteiger partial charge in [-0.1, -0.05) is 49.7 Å². The van der Waals surface area contributed by atoms with Gasteiger partial charge in [0.1, 0.15) is 18.1 Å². The normalized spacial score (nSPS) is 15.0. The number of hydrogen-bond donors (Lipinski definition) is 1. The van der Waals surface area contributed by atoms with Crippen LogP contribution in [-0.4, -0.2) is 55.3 Å². The molecule has 2 amide bonds. The molecule has 2 aromatic carbocycles. The third-order valence-electron chi connectivity index (χ3n) is 6.75. The van der Waals surface area contributed by atoms with Crippen LogP contribution in [0.1, 0.15) is 64.9 Å². The lowest BCUT2D eigenvalue weighted by Gasteiger charge is -2.38. The van der Waals surface area contributed by atoms with Gasteiger partial charge in [0.15, 0.2) is 5.76 Å². The van der Waals surface area contributed by atoms with Crippen molar-refractivity contribution in [2.75, 3.05) is 33.7 Å². The molecule has 4 rings (SSSR count). The van der Waals surface area contributed by atoms with Crippen molar-refractivity contribution in [3.8, 4) is 5.75 Å². The second kappa shape index (κ2) is 12.3. The van der Waals surface area contributed by atoms with Gasteiger partial charge in [-0.3, -0.25) is 9.59 Å². The number of carbonyl (C=O) groups is 2. The summed E-state index contributed by atoms with van der Waals surface area (Å²) in [5, 5.41) is 2.85. The molecule has 1 aliphatic rings. The molecular formula is C31H39N3O4. The van der Waals surface area contributed by atoms with Crippen molar-refractivity contribution in [2.24, 2.45) is 5.92 Å². The summed E-state index contributed by atoms with van der Waals surface area (Å²) in [6.45, 7) is 8.43. The predicted molar refractivity (Wildman–Crippen MR) is 148 cm³/mol. The highest BCUT2D eigenvalue weighted by molar-refractivity contribution is 5.91. The van der Waals surface area contributed by atoms with E-state index in [1.807, 2.05) is 36.0 Å². The van der Waals surface area contributed by atoms with Gasteiger partial charge in [0.25, 0.3) is 5.91 Å². The van der Waals surface area contributed by atoms with Crippen molar-refractivity contribution in [1.29, 1.82) is 0 Å². The van der Waals surface area contributed by atoms with Gasteiger partial charge < -0.3 is 24.3 Å². The zero-order valence-corrected chi connectivity index (χ0v) is 23.1. The van der Waals surface area contributed by atoms with Crippen LogP contribution in [-0.2, 0) is 17.8 Å². The van der Waals surface area contributed by atoms with E-state index in [4.69, 9.17) is 9.15 Å². The molecule has 0 radical (unpaired) electrons. The Morgan fingerprint density at radius 1 is 1.11 bits per heavy atom. The highest BCUT2D eigenvalue weighted by Gasteiger charge is 2.32. The Morgan fingerprint density at radius 3 is 2.58 bits per heavy atom. The fourth-order valence-electron chi connectivity index (χ4n) is 4.74. The van der Waals surface area contributed by atoms with E-state index in [-0.39, 0.29) is 30.2 Å². The minimum Gasteiger partial charge on any atom is -0.486 e. The van der Waals surface area contributed by atoms with Crippen LogP contribution in [0.25, 0.3) is 0 Å². The standard InChI is InChI=1S/C31H39N3O4/c1-21(2)18-29(35)34-16-14-23-10-11-25(19-27(23)30(34)24-8-6-22(3)7-9-24)37-20-26-12-13-28(38-26)31(36)32-15-17-33(4)5/h6-13,19,21,30H,14-18,20H2,1-5H3,(H,32,36)/t30-/m1/s1. The van der Waals surface area contributed by atoms with Crippen LogP contribution < -0.4 is 10.1 Å². The highest BCUT2D eigenvalue weighted by Crippen LogP contribution is 2.38. The van der Waals surface area contributed by atoms with Gasteiger partial charge >= 0.3 is 0 Å². The molecule has 202 valence electrons. The van der Waals surface area contributed by atoms with Crippen LogP contribution in [0.5, 0.6) is 5.75 Å². The smallest absolute Gasteiger partial charge is 0.287 e. The molecule has 1 N–H and O–H groups in total. The summed E-state index contributed by atoms with van der Waals surface area (Å²) in [7, 11) is 3.92. The predicted octanol–water partition coefficient (Wildman–Crippen LogP) is 4.98. The third kappa shape index (κ3) is 6.84. The van der Waals surface area contributed by atoms with Crippen LogP contribution >= 0.6 is 0 Å². The molecule has 1 aliphatic heterocycles. The van der Waals surface area contributed by atoms with Crippen molar-refractivity contribution < 1.29 is 18.7 Å². The van der Waals surface area contributed by atoms with Crippen LogP contribution in [0, 0.1) is 12.8 Å². The summed E-state index contributed by atoms with van der Waals surface area (Å²) in [5.41, 5.74) is 4.61. The average molecular weight is 518 g/mol. The first kappa shape index (κ1) is 27.5. The minimum atomic E-state index is -0.237. The Bertz CT molecular complexity index is 1250. The third-order valence-corrected chi connectivity index (χ3v) is 6.75. The Hall–Kier alpha value is -3.58. The first-order chi connectivity index (χ1) is 18.2. The van der Waals surface area contributed by atoms with E-state index in [0.717, 1.165) is 24.1 Å². The molecule has 3 aromatic rings. The summed E-state index contributed by atoms with van der Waals surface area (Å²) >= 11 is 0. The number of rotatable bonds is 10. The molecule has 0 saturated heterocycles. The van der Waals surface area contributed by atoms with Crippen molar-refractivity contribution in [2.45, 2.75) is 46.3 Å². The average Bonchev–Trinajstić information content (AvgIpc) is 3.36. The Morgan fingerprint density at radius 2 is 1.87 bits per heavy atom. The van der Waals surface area contributed by atoms with E-state index in [9.17, 15) is 9.59 Å². The van der Waals surface area contributed by atoms with E-state index >= 15 is 0 Å². The van der Waals surface area contributed by atoms with Gasteiger partial charge in [0.05, 0.1) is 6.04 Å². The number of nitrogens with zero attached hydrogens (tertiary/aromatic N) is 2. The second-order valence-corrected chi connectivity index (χ2v) is 10.7. The molecule has 2 heterocycles. The zero-order valence-electron chi connectivity index (χ0n) is 23.1. The summed E-state index contributed by atoms with van der Waals surface area (Å²) in [6, 6.07) is 17.8. The van der Waals surface area contributed by atoms with Gasteiger partial charge in [-0.05, 0) is 74.3 Å². The summed E-state index contributed by atoms with van der Waals surface area (Å²) in [6.07, 6.45) is 1.34. The van der Waals surface area contributed by atoms with E-state index in [2.05, 4.69) is 56.4 Å². The zero-order chi connectivity index (χ0) is 27.2. The molecule has 1 atom stereocenters. The van der Waals surface area contributed by atoms with Crippen molar-refractivity contribution in [3.05, 3.63) is 88.4 Å². The van der Waals surface area contributed by atoms with E-state index in [1.165, 1.54) is 11.1 Å². The van der Waals surface area contributed by atoms with Crippen LogP contribution in [0.2, 0.25) is 0 Å². The molecule has 1 aromatic heterocycles. The first-order valence-corrected chi connectivity index (χ1v) is 13.3. The quantitative estimate of drug-likeness (QED) is 0.411. The number of likely N-dealkylation sites (N-methyl/N-ethyl adjacent to an activating group) is 1. The number of ether oxygens (including phenoxy) is 1. The lowest BCUT2D eigenvalue weighted by molar-refractivity contribution is -0.134. The molecule has 0 aliphatic carbocycles. The fourth-order valence-corrected chi connectivity index (χ4v) is 4.74. The number of aryl methyl sites for hydroxylation is 1. The molecular weight excluding hydrogens is 478 g/mol. The van der Waals surface area contributed by atoms with Crippen molar-refractivity contribution >= 4 is 11.8 Å². The van der Waals surface area contributed by atoms with Gasteiger partial charge in [-0.15, -0.1) is 0 Å². The Balaban J connectivity index is 1.51. The maximum absolute atomic E-state index is 13.3. The molecule has 0 spiro atoms. The SMILES string of the molecule is Cc1ccc([C@@H]2c3cc(OCc4ccc(C(=O)NCCN(C)C)o4)ccc3CCN2C(=O)CC(C)C)cc1. The van der Waals surface area contributed by atoms with E-state index < -0.39 is 0 Å². The van der Waals surface area contributed by atoms with Crippen LogP contribution in [0.15, 0.2) is 59.0 Å². The Kier molecular flexibility index (Phi) is 8.89. The topological polar surface area (TPSA) is 75.0 Å². The van der Waals surface area contributed by atoms with E-state index in [0.29, 0.717) is 36.9 Å². The number of carbonyl (C=O) groups excluding carboxylic acids is 2.